The Labute approximate surface area is 198 Å². The Hall–Kier alpha value is -2.30. The van der Waals surface area contributed by atoms with Gasteiger partial charge in [0.1, 0.15) is 24.2 Å². The molecule has 1 unspecified atom stereocenters. The molecule has 5 rings (SSSR count). The maximum absolute atomic E-state index is 6.69. The Morgan fingerprint density at radius 3 is 1.70 bits per heavy atom. The van der Waals surface area contributed by atoms with Gasteiger partial charge in [0.05, 0.1) is 0 Å². The van der Waals surface area contributed by atoms with Crippen LogP contribution < -0.4 is 9.47 Å². The van der Waals surface area contributed by atoms with E-state index in [-0.39, 0.29) is 6.10 Å². The summed E-state index contributed by atoms with van der Waals surface area (Å²) in [5.41, 5.74) is 0. The molecule has 0 bridgehead atoms. The van der Waals surface area contributed by atoms with Crippen LogP contribution in [0.15, 0.2) is 48.5 Å². The van der Waals surface area contributed by atoms with Gasteiger partial charge in [0.15, 0.2) is 0 Å². The Kier molecular flexibility index (Phi) is 7.33. The summed E-state index contributed by atoms with van der Waals surface area (Å²) in [6, 6.07) is 17.2. The van der Waals surface area contributed by atoms with Gasteiger partial charge in [0, 0.05) is 34.6 Å². The van der Waals surface area contributed by atoms with Crippen molar-refractivity contribution in [1.82, 2.24) is 9.80 Å². The van der Waals surface area contributed by atoms with Crippen molar-refractivity contribution in [3.63, 3.8) is 0 Å². The van der Waals surface area contributed by atoms with Crippen LogP contribution in [-0.4, -0.2) is 61.8 Å². The highest BCUT2D eigenvalue weighted by Gasteiger charge is 2.20. The van der Waals surface area contributed by atoms with Gasteiger partial charge in [-0.1, -0.05) is 61.4 Å². The molecule has 176 valence electrons. The molecule has 2 heterocycles. The van der Waals surface area contributed by atoms with Crippen molar-refractivity contribution in [1.29, 1.82) is 0 Å². The predicted octanol–water partition coefficient (Wildman–Crippen LogP) is 6.11. The van der Waals surface area contributed by atoms with Crippen molar-refractivity contribution in [2.24, 2.45) is 0 Å². The fourth-order valence-electron chi connectivity index (χ4n) is 5.53. The average Bonchev–Trinajstić information content (AvgIpc) is 2.87. The molecule has 0 N–H and O–H groups in total. The lowest BCUT2D eigenvalue weighted by molar-refractivity contribution is 0.132. The summed E-state index contributed by atoms with van der Waals surface area (Å²) in [6.07, 6.45) is 8.11. The molecule has 2 aliphatic rings. The topological polar surface area (TPSA) is 24.9 Å². The van der Waals surface area contributed by atoms with Gasteiger partial charge >= 0.3 is 0 Å². The molecule has 2 fully saturated rings. The lowest BCUT2D eigenvalue weighted by Gasteiger charge is -2.30. The molecular formula is C29H38N2O2. The molecule has 0 spiro atoms. The van der Waals surface area contributed by atoms with E-state index in [1.807, 2.05) is 0 Å². The number of benzene rings is 3. The smallest absolute Gasteiger partial charge is 0.135 e. The second-order valence-electron chi connectivity index (χ2n) is 9.79. The summed E-state index contributed by atoms with van der Waals surface area (Å²) >= 11 is 0. The highest BCUT2D eigenvalue weighted by Crippen LogP contribution is 2.43. The molecule has 3 aromatic rings. The van der Waals surface area contributed by atoms with Gasteiger partial charge in [0.25, 0.3) is 0 Å². The van der Waals surface area contributed by atoms with Crippen molar-refractivity contribution in [3.8, 4) is 11.5 Å². The number of fused-ring (bicyclic) bond motifs is 2. The Balaban J connectivity index is 1.42. The van der Waals surface area contributed by atoms with Crippen molar-refractivity contribution < 1.29 is 9.47 Å². The zero-order valence-corrected chi connectivity index (χ0v) is 20.1. The summed E-state index contributed by atoms with van der Waals surface area (Å²) in [7, 11) is 0. The largest absolute Gasteiger partial charge is 0.491 e. The highest BCUT2D eigenvalue weighted by molar-refractivity contribution is 6.11. The van der Waals surface area contributed by atoms with E-state index in [4.69, 9.17) is 9.47 Å². The quantitative estimate of drug-likeness (QED) is 0.390. The van der Waals surface area contributed by atoms with E-state index in [9.17, 15) is 0 Å². The van der Waals surface area contributed by atoms with E-state index < -0.39 is 0 Å². The minimum atomic E-state index is 0.140. The number of likely N-dealkylation sites (tertiary alicyclic amines) is 2. The highest BCUT2D eigenvalue weighted by atomic mass is 16.5. The van der Waals surface area contributed by atoms with E-state index in [1.165, 1.54) is 64.7 Å². The first-order valence-corrected chi connectivity index (χ1v) is 13.0. The molecule has 33 heavy (non-hydrogen) atoms. The van der Waals surface area contributed by atoms with Gasteiger partial charge in [-0.15, -0.1) is 0 Å². The molecule has 0 aliphatic carbocycles. The third-order valence-corrected chi connectivity index (χ3v) is 7.22. The number of ether oxygens (including phenoxy) is 2. The third kappa shape index (κ3) is 5.28. The average molecular weight is 447 g/mol. The molecule has 2 saturated heterocycles. The zero-order chi connectivity index (χ0) is 22.5. The summed E-state index contributed by atoms with van der Waals surface area (Å²) in [5, 5.41) is 4.59. The summed E-state index contributed by atoms with van der Waals surface area (Å²) in [6.45, 7) is 9.70. The Morgan fingerprint density at radius 1 is 0.667 bits per heavy atom. The second kappa shape index (κ2) is 10.8. The van der Waals surface area contributed by atoms with Gasteiger partial charge in [-0.3, -0.25) is 9.80 Å². The number of rotatable bonds is 8. The molecule has 0 saturated carbocycles. The first-order valence-electron chi connectivity index (χ1n) is 13.0. The molecule has 0 radical (unpaired) electrons. The SMILES string of the molecule is CC(CN1CCCCC1)Oc1c2ccccc2c(OCCN2CCCCC2)c2ccccc12. The summed E-state index contributed by atoms with van der Waals surface area (Å²) in [4.78, 5) is 5.09. The molecule has 1 atom stereocenters. The lowest BCUT2D eigenvalue weighted by atomic mass is 10.0. The number of nitrogens with zero attached hydrogens (tertiary/aromatic N) is 2. The van der Waals surface area contributed by atoms with Gasteiger partial charge < -0.3 is 9.47 Å². The van der Waals surface area contributed by atoms with Crippen LogP contribution in [0.5, 0.6) is 11.5 Å². The van der Waals surface area contributed by atoms with Crippen LogP contribution in [0.4, 0.5) is 0 Å². The monoisotopic (exact) mass is 446 g/mol. The van der Waals surface area contributed by atoms with Crippen LogP contribution >= 0.6 is 0 Å². The van der Waals surface area contributed by atoms with Crippen molar-refractivity contribution in [2.75, 3.05) is 45.9 Å². The molecule has 4 nitrogen and oxygen atoms in total. The Bertz CT molecular complexity index is 997. The normalized spacial score (nSPS) is 19.1. The number of hydrogen-bond acceptors (Lipinski definition) is 4. The maximum Gasteiger partial charge on any atom is 0.135 e. The maximum atomic E-state index is 6.69. The fourth-order valence-corrected chi connectivity index (χ4v) is 5.53. The van der Waals surface area contributed by atoms with Gasteiger partial charge in [0.2, 0.25) is 0 Å². The molecule has 2 aliphatic heterocycles. The summed E-state index contributed by atoms with van der Waals surface area (Å²) in [5.74, 6) is 1.99. The fraction of sp³-hybridized carbons (Fsp3) is 0.517. The van der Waals surface area contributed by atoms with Gasteiger partial charge in [-0.2, -0.15) is 0 Å². The molecule has 0 aromatic heterocycles. The van der Waals surface area contributed by atoms with Gasteiger partial charge in [-0.05, 0) is 58.8 Å². The van der Waals surface area contributed by atoms with Crippen LogP contribution in [0.25, 0.3) is 21.5 Å². The standard InChI is InChI=1S/C29H38N2O2/c1-23(22-31-18-10-3-11-19-31)33-29-26-14-6-4-12-24(26)28(25-13-5-7-15-27(25)29)32-21-20-30-16-8-2-9-17-30/h4-7,12-15,23H,2-3,8-11,16-22H2,1H3. The van der Waals surface area contributed by atoms with Gasteiger partial charge in [-0.25, -0.2) is 0 Å². The van der Waals surface area contributed by atoms with E-state index in [0.717, 1.165) is 52.7 Å². The van der Waals surface area contributed by atoms with Crippen LogP contribution in [0.1, 0.15) is 45.4 Å². The number of hydrogen-bond donors (Lipinski definition) is 0. The second-order valence-corrected chi connectivity index (χ2v) is 9.79. The first-order chi connectivity index (χ1) is 16.3. The van der Waals surface area contributed by atoms with Crippen molar-refractivity contribution >= 4 is 21.5 Å². The van der Waals surface area contributed by atoms with Crippen LogP contribution in [0.2, 0.25) is 0 Å². The van der Waals surface area contributed by atoms with Crippen LogP contribution in [0.3, 0.4) is 0 Å². The minimum absolute atomic E-state index is 0.140. The summed E-state index contributed by atoms with van der Waals surface area (Å²) < 4.78 is 13.2. The van der Waals surface area contributed by atoms with E-state index in [0.29, 0.717) is 0 Å². The van der Waals surface area contributed by atoms with E-state index in [1.54, 1.807) is 0 Å². The minimum Gasteiger partial charge on any atom is -0.491 e. The first kappa shape index (κ1) is 22.5. The number of piperidine rings is 2. The lowest BCUT2D eigenvalue weighted by Crippen LogP contribution is -2.37. The van der Waals surface area contributed by atoms with E-state index >= 15 is 0 Å². The Morgan fingerprint density at radius 2 is 1.15 bits per heavy atom. The van der Waals surface area contributed by atoms with Crippen LogP contribution in [-0.2, 0) is 0 Å². The van der Waals surface area contributed by atoms with E-state index in [2.05, 4.69) is 65.3 Å². The van der Waals surface area contributed by atoms with Crippen molar-refractivity contribution in [3.05, 3.63) is 48.5 Å². The molecule has 4 heteroatoms. The van der Waals surface area contributed by atoms with Crippen molar-refractivity contribution in [2.45, 2.75) is 51.6 Å². The zero-order valence-electron chi connectivity index (χ0n) is 20.1. The molecule has 0 amide bonds. The third-order valence-electron chi connectivity index (χ3n) is 7.22. The predicted molar refractivity (Wildman–Crippen MR) is 138 cm³/mol. The molecular weight excluding hydrogens is 408 g/mol. The molecule has 3 aromatic carbocycles. The van der Waals surface area contributed by atoms with Crippen LogP contribution in [0, 0.1) is 0 Å².